The first kappa shape index (κ1) is 14.1. The lowest BCUT2D eigenvalue weighted by atomic mass is 10.0. The molecule has 0 aliphatic rings. The lowest BCUT2D eigenvalue weighted by Gasteiger charge is -2.18. The third kappa shape index (κ3) is 2.97. The number of hydrogen-bond donors (Lipinski definition) is 3. The zero-order valence-electron chi connectivity index (χ0n) is 11.3. The van der Waals surface area contributed by atoms with Gasteiger partial charge in [-0.25, -0.2) is 0 Å². The van der Waals surface area contributed by atoms with Gasteiger partial charge in [-0.05, 0) is 24.1 Å². The molecular formula is C16H18N2O2. The van der Waals surface area contributed by atoms with Crippen LogP contribution in [-0.4, -0.2) is 17.6 Å². The molecule has 4 N–H and O–H groups in total. The van der Waals surface area contributed by atoms with Crippen molar-refractivity contribution in [1.82, 2.24) is 5.32 Å². The summed E-state index contributed by atoms with van der Waals surface area (Å²) in [7, 11) is 0. The zero-order valence-corrected chi connectivity index (χ0v) is 11.3. The fourth-order valence-corrected chi connectivity index (χ4v) is 2.15. The lowest BCUT2D eigenvalue weighted by molar-refractivity contribution is 0.0916. The first-order valence-corrected chi connectivity index (χ1v) is 6.45. The molecule has 1 atom stereocenters. The van der Waals surface area contributed by atoms with Gasteiger partial charge in [-0.15, -0.1) is 0 Å². The molecule has 1 amide bonds. The van der Waals surface area contributed by atoms with Crippen molar-refractivity contribution in [2.45, 2.75) is 13.0 Å². The maximum Gasteiger partial charge on any atom is 0.254 e. The maximum absolute atomic E-state index is 12.3. The van der Waals surface area contributed by atoms with E-state index in [9.17, 15) is 9.90 Å². The Morgan fingerprint density at radius 3 is 2.50 bits per heavy atom. The van der Waals surface area contributed by atoms with Crippen molar-refractivity contribution in [1.29, 1.82) is 0 Å². The fourth-order valence-electron chi connectivity index (χ4n) is 2.15. The summed E-state index contributed by atoms with van der Waals surface area (Å²) in [6, 6.07) is 14.2. The number of aliphatic hydroxyl groups excluding tert-OH is 1. The van der Waals surface area contributed by atoms with Gasteiger partial charge in [0.2, 0.25) is 0 Å². The highest BCUT2D eigenvalue weighted by Gasteiger charge is 2.17. The van der Waals surface area contributed by atoms with Crippen molar-refractivity contribution >= 4 is 11.6 Å². The molecule has 0 spiro atoms. The molecule has 0 aliphatic carbocycles. The Balaban J connectivity index is 2.22. The van der Waals surface area contributed by atoms with E-state index in [0.29, 0.717) is 11.3 Å². The molecule has 2 aromatic rings. The van der Waals surface area contributed by atoms with E-state index in [0.717, 1.165) is 11.1 Å². The number of anilines is 1. The molecular weight excluding hydrogens is 252 g/mol. The van der Waals surface area contributed by atoms with E-state index in [4.69, 9.17) is 5.73 Å². The van der Waals surface area contributed by atoms with Crippen LogP contribution in [0.2, 0.25) is 0 Å². The van der Waals surface area contributed by atoms with Gasteiger partial charge in [-0.3, -0.25) is 4.79 Å². The fraction of sp³-hybridized carbons (Fsp3) is 0.188. The summed E-state index contributed by atoms with van der Waals surface area (Å²) in [6.45, 7) is 1.67. The van der Waals surface area contributed by atoms with Crippen LogP contribution in [0.25, 0.3) is 0 Å². The molecule has 0 radical (unpaired) electrons. The number of amides is 1. The summed E-state index contributed by atoms with van der Waals surface area (Å²) in [5, 5.41) is 12.3. The van der Waals surface area contributed by atoms with E-state index in [1.807, 2.05) is 49.4 Å². The Kier molecular flexibility index (Phi) is 4.38. The van der Waals surface area contributed by atoms with Gasteiger partial charge in [0, 0.05) is 5.69 Å². The van der Waals surface area contributed by atoms with Crippen molar-refractivity contribution in [3.8, 4) is 0 Å². The second kappa shape index (κ2) is 6.21. The summed E-state index contributed by atoms with van der Waals surface area (Å²) >= 11 is 0. The average Bonchev–Trinajstić information content (AvgIpc) is 2.45. The molecule has 4 nitrogen and oxygen atoms in total. The molecule has 0 fully saturated rings. The van der Waals surface area contributed by atoms with Crippen LogP contribution < -0.4 is 11.1 Å². The number of nitrogens with two attached hydrogens (primary N) is 1. The Bertz CT molecular complexity index is 576. The van der Waals surface area contributed by atoms with Gasteiger partial charge in [-0.1, -0.05) is 42.5 Å². The lowest BCUT2D eigenvalue weighted by Crippen LogP contribution is -2.31. The first-order chi connectivity index (χ1) is 9.63. The van der Waals surface area contributed by atoms with Crippen molar-refractivity contribution in [3.63, 3.8) is 0 Å². The molecule has 4 heteroatoms. The molecule has 1 unspecified atom stereocenters. The molecule has 0 aliphatic heterocycles. The summed E-state index contributed by atoms with van der Waals surface area (Å²) < 4.78 is 0. The minimum Gasteiger partial charge on any atom is -0.398 e. The molecule has 0 saturated heterocycles. The number of aliphatic hydroxyl groups is 1. The minimum absolute atomic E-state index is 0.165. The number of hydrogen-bond acceptors (Lipinski definition) is 3. The van der Waals surface area contributed by atoms with E-state index in [1.165, 1.54) is 0 Å². The predicted octanol–water partition coefficient (Wildman–Crippen LogP) is 2.04. The highest BCUT2D eigenvalue weighted by Crippen LogP contribution is 2.18. The third-order valence-electron chi connectivity index (χ3n) is 3.22. The largest absolute Gasteiger partial charge is 0.398 e. The van der Waals surface area contributed by atoms with Gasteiger partial charge < -0.3 is 16.2 Å². The van der Waals surface area contributed by atoms with Crippen LogP contribution in [0.1, 0.15) is 27.5 Å². The van der Waals surface area contributed by atoms with Gasteiger partial charge >= 0.3 is 0 Å². The van der Waals surface area contributed by atoms with Gasteiger partial charge in [0.05, 0.1) is 18.2 Å². The molecule has 0 heterocycles. The van der Waals surface area contributed by atoms with Gasteiger partial charge in [0.15, 0.2) is 0 Å². The van der Waals surface area contributed by atoms with Crippen LogP contribution in [-0.2, 0) is 0 Å². The number of carbonyl (C=O) groups is 1. The van der Waals surface area contributed by atoms with Gasteiger partial charge in [0.1, 0.15) is 0 Å². The van der Waals surface area contributed by atoms with Gasteiger partial charge in [0.25, 0.3) is 5.91 Å². The van der Waals surface area contributed by atoms with Crippen molar-refractivity contribution in [3.05, 3.63) is 65.2 Å². The van der Waals surface area contributed by atoms with E-state index in [1.54, 1.807) is 6.07 Å². The molecule has 104 valence electrons. The summed E-state index contributed by atoms with van der Waals surface area (Å²) in [4.78, 5) is 12.3. The van der Waals surface area contributed by atoms with Crippen LogP contribution in [0, 0.1) is 6.92 Å². The van der Waals surface area contributed by atoms with Crippen molar-refractivity contribution in [2.24, 2.45) is 0 Å². The topological polar surface area (TPSA) is 75.4 Å². The van der Waals surface area contributed by atoms with E-state index < -0.39 is 6.04 Å². The normalized spacial score (nSPS) is 11.9. The minimum atomic E-state index is -0.442. The number of carbonyl (C=O) groups excluding carboxylic acids is 1. The summed E-state index contributed by atoms with van der Waals surface area (Å²) in [6.07, 6.45) is 0. The molecule has 2 rings (SSSR count). The van der Waals surface area contributed by atoms with Crippen LogP contribution in [0.5, 0.6) is 0 Å². The molecule has 2 aromatic carbocycles. The summed E-state index contributed by atoms with van der Waals surface area (Å²) in [5.41, 5.74) is 8.42. The Morgan fingerprint density at radius 2 is 1.90 bits per heavy atom. The number of nitrogen functional groups attached to an aromatic ring is 1. The third-order valence-corrected chi connectivity index (χ3v) is 3.22. The highest BCUT2D eigenvalue weighted by molar-refractivity contribution is 6.00. The van der Waals surface area contributed by atoms with E-state index >= 15 is 0 Å². The van der Waals surface area contributed by atoms with Crippen LogP contribution in [0.3, 0.4) is 0 Å². The molecule has 20 heavy (non-hydrogen) atoms. The number of aryl methyl sites for hydroxylation is 1. The zero-order chi connectivity index (χ0) is 14.5. The smallest absolute Gasteiger partial charge is 0.254 e. The van der Waals surface area contributed by atoms with Crippen LogP contribution >= 0.6 is 0 Å². The van der Waals surface area contributed by atoms with E-state index in [-0.39, 0.29) is 12.5 Å². The first-order valence-electron chi connectivity index (χ1n) is 6.45. The second-order valence-corrected chi connectivity index (χ2v) is 4.66. The Hall–Kier alpha value is -2.33. The van der Waals surface area contributed by atoms with Crippen LogP contribution in [0.15, 0.2) is 48.5 Å². The van der Waals surface area contributed by atoms with Gasteiger partial charge in [-0.2, -0.15) is 0 Å². The Morgan fingerprint density at radius 1 is 1.20 bits per heavy atom. The quantitative estimate of drug-likeness (QED) is 0.744. The standard InChI is InChI=1S/C16H18N2O2/c1-11-6-5-9-13(17)15(11)16(20)18-14(10-19)12-7-3-2-4-8-12/h2-9,14,19H,10,17H2,1H3,(H,18,20). The van der Waals surface area contributed by atoms with Crippen LogP contribution in [0.4, 0.5) is 5.69 Å². The number of nitrogens with one attached hydrogen (secondary N) is 1. The second-order valence-electron chi connectivity index (χ2n) is 4.66. The average molecular weight is 270 g/mol. The van der Waals surface area contributed by atoms with Crippen molar-refractivity contribution < 1.29 is 9.90 Å². The molecule has 0 bridgehead atoms. The SMILES string of the molecule is Cc1cccc(N)c1C(=O)NC(CO)c1ccccc1. The van der Waals surface area contributed by atoms with E-state index in [2.05, 4.69) is 5.32 Å². The Labute approximate surface area is 118 Å². The molecule has 0 aromatic heterocycles. The van der Waals surface area contributed by atoms with Crippen molar-refractivity contribution in [2.75, 3.05) is 12.3 Å². The predicted molar refractivity (Wildman–Crippen MR) is 79.3 cm³/mol. The number of benzene rings is 2. The maximum atomic E-state index is 12.3. The summed E-state index contributed by atoms with van der Waals surface area (Å²) in [5.74, 6) is -0.275. The molecule has 0 saturated carbocycles. The number of rotatable bonds is 4. The monoisotopic (exact) mass is 270 g/mol. The highest BCUT2D eigenvalue weighted by atomic mass is 16.3.